The predicted molar refractivity (Wildman–Crippen MR) is 91.6 cm³/mol. The molecule has 0 amide bonds. The van der Waals surface area contributed by atoms with Crippen molar-refractivity contribution in [2.24, 2.45) is 0 Å². The average Bonchev–Trinajstić information content (AvgIpc) is 3.13. The minimum atomic E-state index is 0. The summed E-state index contributed by atoms with van der Waals surface area (Å²) in [7, 11) is 2.01. The van der Waals surface area contributed by atoms with E-state index >= 15 is 0 Å². The first-order valence-corrected chi connectivity index (χ1v) is 7.47. The van der Waals surface area contributed by atoms with Crippen LogP contribution in [-0.4, -0.2) is 12.0 Å². The third-order valence-electron chi connectivity index (χ3n) is 4.22. The molecule has 1 aliphatic rings. The van der Waals surface area contributed by atoms with E-state index in [1.54, 1.807) is 6.20 Å². The zero-order valence-corrected chi connectivity index (χ0v) is 15.3. The van der Waals surface area contributed by atoms with Crippen molar-refractivity contribution in [3.8, 4) is 0 Å². The molecular weight excluding hydrogens is 478 g/mol. The maximum atomic E-state index is 6.11. The molecule has 1 aliphatic heterocycles. The van der Waals surface area contributed by atoms with Gasteiger partial charge in [-0.3, -0.25) is 0 Å². The van der Waals surface area contributed by atoms with Crippen LogP contribution < -0.4 is 9.80 Å². The van der Waals surface area contributed by atoms with Gasteiger partial charge in [0.05, 0.1) is 0 Å². The second-order valence-electron chi connectivity index (χ2n) is 5.61. The largest absolute Gasteiger partial charge is 0.514 e. The zero-order valence-electron chi connectivity index (χ0n) is 12.9. The van der Waals surface area contributed by atoms with Crippen LogP contribution in [0.15, 0.2) is 59.1 Å². The van der Waals surface area contributed by atoms with Crippen LogP contribution in [0.5, 0.6) is 0 Å². The van der Waals surface area contributed by atoms with Crippen LogP contribution in [0.2, 0.25) is 0 Å². The first kappa shape index (κ1) is 15.2. The van der Waals surface area contributed by atoms with Crippen molar-refractivity contribution in [3.63, 3.8) is 0 Å². The normalized spacial score (nSPS) is 13.4. The number of fused-ring (bicyclic) bond motifs is 4. The third kappa shape index (κ3) is 2.05. The molecule has 3 heterocycles. The summed E-state index contributed by atoms with van der Waals surface area (Å²) in [6.07, 6.45) is 1.80. The van der Waals surface area contributed by atoms with Crippen LogP contribution in [0.4, 0.5) is 17.2 Å². The van der Waals surface area contributed by atoms with E-state index < -0.39 is 0 Å². The number of hydrogen-bond acceptors (Lipinski definition) is 4. The Morgan fingerprint density at radius 3 is 2.88 bits per heavy atom. The molecule has 0 spiro atoms. The number of anilines is 3. The maximum absolute atomic E-state index is 6.11. The molecule has 0 saturated carbocycles. The Morgan fingerprint density at radius 2 is 1.96 bits per heavy atom. The van der Waals surface area contributed by atoms with Gasteiger partial charge in [-0.1, -0.05) is 29.3 Å². The van der Waals surface area contributed by atoms with Gasteiger partial charge in [0.15, 0.2) is 0 Å². The van der Waals surface area contributed by atoms with Crippen molar-refractivity contribution in [3.05, 3.63) is 67.5 Å². The van der Waals surface area contributed by atoms with Crippen LogP contribution in [-0.2, 0) is 20.1 Å². The van der Waals surface area contributed by atoms with Crippen molar-refractivity contribution in [1.82, 2.24) is 4.98 Å². The summed E-state index contributed by atoms with van der Waals surface area (Å²) in [5.41, 5.74) is 3.66. The van der Waals surface area contributed by atoms with Crippen molar-refractivity contribution in [2.75, 3.05) is 16.8 Å². The summed E-state index contributed by atoms with van der Waals surface area (Å²) in [4.78, 5) is 8.60. The Morgan fingerprint density at radius 1 is 1.08 bits per heavy atom. The fraction of sp³-hybridized carbons (Fsp3) is 0.0526. The number of rotatable bonds is 1. The minimum Gasteiger partial charge on any atom is -0.514 e. The molecule has 4 nitrogen and oxygen atoms in total. The molecule has 24 heavy (non-hydrogen) atoms. The first-order chi connectivity index (χ1) is 11.3. The van der Waals surface area contributed by atoms with Crippen molar-refractivity contribution in [2.45, 2.75) is 0 Å². The van der Waals surface area contributed by atoms with E-state index in [1.807, 2.05) is 55.0 Å². The summed E-state index contributed by atoms with van der Waals surface area (Å²) >= 11 is 0. The van der Waals surface area contributed by atoms with Gasteiger partial charge in [0.2, 0.25) is 0 Å². The third-order valence-corrected chi connectivity index (χ3v) is 4.22. The van der Waals surface area contributed by atoms with Gasteiger partial charge in [-0.2, -0.15) is 24.9 Å². The fourth-order valence-corrected chi connectivity index (χ4v) is 3.16. The van der Waals surface area contributed by atoms with Gasteiger partial charge in [0, 0.05) is 43.0 Å². The molecule has 0 fully saturated rings. The number of aromatic nitrogens is 1. The van der Waals surface area contributed by atoms with Crippen LogP contribution in [0.3, 0.4) is 0 Å². The predicted octanol–water partition coefficient (Wildman–Crippen LogP) is 4.49. The van der Waals surface area contributed by atoms with E-state index in [2.05, 4.69) is 28.1 Å². The molecule has 5 heteroatoms. The number of nitrogens with zero attached hydrogens (tertiary/aromatic N) is 3. The molecule has 0 bridgehead atoms. The summed E-state index contributed by atoms with van der Waals surface area (Å²) in [6, 6.07) is 19.4. The van der Waals surface area contributed by atoms with E-state index in [1.165, 1.54) is 0 Å². The summed E-state index contributed by atoms with van der Waals surface area (Å²) < 4.78 is 6.11. The number of para-hydroxylation sites is 1. The molecule has 0 aliphatic carbocycles. The minimum absolute atomic E-state index is 0. The van der Waals surface area contributed by atoms with Gasteiger partial charge in [-0.05, 0) is 25.2 Å². The van der Waals surface area contributed by atoms with E-state index in [4.69, 9.17) is 4.42 Å². The summed E-state index contributed by atoms with van der Waals surface area (Å²) in [5.74, 6) is 0.888. The molecular formula is C19H13IrN3O-2. The topological polar surface area (TPSA) is 32.5 Å². The van der Waals surface area contributed by atoms with Gasteiger partial charge in [0.1, 0.15) is 11.4 Å². The molecule has 1 radical (unpaired) electrons. The van der Waals surface area contributed by atoms with Gasteiger partial charge in [0.25, 0.3) is 0 Å². The first-order valence-electron chi connectivity index (χ1n) is 7.47. The van der Waals surface area contributed by atoms with E-state index in [-0.39, 0.29) is 20.1 Å². The molecule has 0 unspecified atom stereocenters. The molecule has 0 saturated heterocycles. The number of hydrogen-bond donors (Lipinski definition) is 0. The SMILES string of the molecule is CN1[CH-]N(c2[c-]ccc3c2oc2ccccc23)c2ncccc21.[Ir]. The Kier molecular flexibility index (Phi) is 3.55. The van der Waals surface area contributed by atoms with E-state index in [0.717, 1.165) is 39.1 Å². The van der Waals surface area contributed by atoms with Crippen LogP contribution in [0.25, 0.3) is 21.9 Å². The molecule has 0 N–H and O–H groups in total. The smallest absolute Gasteiger partial charge is 0.124 e. The maximum Gasteiger partial charge on any atom is 0.124 e. The van der Waals surface area contributed by atoms with Crippen LogP contribution in [0.1, 0.15) is 0 Å². The standard InChI is InChI=1S/C19H13N3O.Ir/c1-21-12-22(19-16(21)9-5-11-20-19)15-8-4-7-14-13-6-2-3-10-17(13)23-18(14)15;/h2-7,9-12H,1H3;/q-2;. The van der Waals surface area contributed by atoms with Crippen LogP contribution >= 0.6 is 0 Å². The van der Waals surface area contributed by atoms with E-state index in [9.17, 15) is 0 Å². The number of benzene rings is 2. The van der Waals surface area contributed by atoms with Crippen molar-refractivity contribution in [1.29, 1.82) is 0 Å². The molecule has 4 aromatic rings. The molecule has 2 aromatic heterocycles. The van der Waals surface area contributed by atoms with Gasteiger partial charge >= 0.3 is 0 Å². The quantitative estimate of drug-likeness (QED) is 0.368. The summed E-state index contributed by atoms with van der Waals surface area (Å²) in [5, 5.41) is 2.21. The van der Waals surface area contributed by atoms with Gasteiger partial charge < -0.3 is 14.2 Å². The Balaban J connectivity index is 0.00000146. The Bertz CT molecular complexity index is 1040. The summed E-state index contributed by atoms with van der Waals surface area (Å²) in [6.45, 7) is 2.01. The van der Waals surface area contributed by atoms with Crippen molar-refractivity contribution >= 4 is 39.1 Å². The monoisotopic (exact) mass is 492 g/mol. The number of furan rings is 1. The van der Waals surface area contributed by atoms with Gasteiger partial charge in [-0.15, -0.1) is 0 Å². The molecule has 0 atom stereocenters. The Labute approximate surface area is 153 Å². The van der Waals surface area contributed by atoms with Crippen molar-refractivity contribution < 1.29 is 24.5 Å². The molecule has 121 valence electrons. The number of pyridine rings is 1. The average molecular weight is 492 g/mol. The second kappa shape index (κ2) is 5.62. The van der Waals surface area contributed by atoms with Crippen LogP contribution in [0, 0.1) is 12.7 Å². The van der Waals surface area contributed by atoms with Gasteiger partial charge in [-0.25, -0.2) is 4.98 Å². The molecule has 2 aromatic carbocycles. The fourth-order valence-electron chi connectivity index (χ4n) is 3.16. The zero-order chi connectivity index (χ0) is 15.4. The molecule has 5 rings (SSSR count). The second-order valence-corrected chi connectivity index (χ2v) is 5.61. The van der Waals surface area contributed by atoms with E-state index in [0.29, 0.717) is 0 Å². The Hall–Kier alpha value is -2.36.